The van der Waals surface area contributed by atoms with E-state index in [1.807, 2.05) is 72.8 Å². The van der Waals surface area contributed by atoms with E-state index < -0.39 is 11.8 Å². The van der Waals surface area contributed by atoms with Crippen molar-refractivity contribution in [2.24, 2.45) is 23.7 Å². The first kappa shape index (κ1) is 48.6. The van der Waals surface area contributed by atoms with Crippen molar-refractivity contribution < 1.29 is 28.5 Å². The molecule has 0 radical (unpaired) electrons. The van der Waals surface area contributed by atoms with Crippen LogP contribution in [-0.4, -0.2) is 38.4 Å². The number of benzene rings is 4. The van der Waals surface area contributed by atoms with Gasteiger partial charge in [-0.3, -0.25) is 9.59 Å². The Morgan fingerprint density at radius 3 is 0.985 bits per heavy atom. The van der Waals surface area contributed by atoms with E-state index in [2.05, 4.69) is 48.6 Å². The molecule has 4 unspecified atom stereocenters. The number of ether oxygens (including phenoxy) is 4. The van der Waals surface area contributed by atoms with E-state index in [1.54, 1.807) is 0 Å². The Hall–Kier alpha value is -5.86. The zero-order valence-corrected chi connectivity index (χ0v) is 38.3. The van der Waals surface area contributed by atoms with Crippen LogP contribution in [0, 0.1) is 46.3 Å². The predicted octanol–water partition coefficient (Wildman–Crippen LogP) is 13.8. The third-order valence-electron chi connectivity index (χ3n) is 13.0. The van der Waals surface area contributed by atoms with Gasteiger partial charge in [0.2, 0.25) is 0 Å². The SMILES string of the molecule is N#Cc1ccc(-c2ccc(OCCCCCCCCCCCOC(=O)C3C4C=CC(C4)C3C(=O)OCCCCCCCCCCCOc3ccc(-c4ccc(C#N)cc4)cc3)cc2)cc1. The predicted molar refractivity (Wildman–Crippen MR) is 257 cm³/mol. The Morgan fingerprint density at radius 1 is 0.400 bits per heavy atom. The molecule has 2 aliphatic carbocycles. The van der Waals surface area contributed by atoms with Crippen LogP contribution in [0.5, 0.6) is 11.5 Å². The normalized spacial score (nSPS) is 17.0. The Balaban J connectivity index is 0.709. The van der Waals surface area contributed by atoms with Crippen LogP contribution < -0.4 is 9.47 Å². The summed E-state index contributed by atoms with van der Waals surface area (Å²) >= 11 is 0. The number of nitriles is 2. The molecule has 4 atom stereocenters. The molecule has 1 saturated carbocycles. The lowest BCUT2D eigenvalue weighted by atomic mass is 9.83. The second kappa shape index (κ2) is 27.5. The first-order valence-corrected chi connectivity index (χ1v) is 24.5. The number of hydrogen-bond acceptors (Lipinski definition) is 8. The molecule has 8 heteroatoms. The van der Waals surface area contributed by atoms with E-state index in [0.717, 1.165) is 118 Å². The molecule has 0 amide bonds. The van der Waals surface area contributed by atoms with Gasteiger partial charge in [0.25, 0.3) is 0 Å². The van der Waals surface area contributed by atoms with E-state index in [9.17, 15) is 9.59 Å². The van der Waals surface area contributed by atoms with Crippen LogP contribution in [-0.2, 0) is 19.1 Å². The van der Waals surface area contributed by atoms with Gasteiger partial charge in [-0.1, -0.05) is 151 Å². The third kappa shape index (κ3) is 16.0. The highest BCUT2D eigenvalue weighted by molar-refractivity contribution is 5.84. The lowest BCUT2D eigenvalue weighted by molar-refractivity contribution is -0.161. The van der Waals surface area contributed by atoms with Crippen LogP contribution in [0.3, 0.4) is 0 Å². The molecule has 4 aromatic rings. The molecule has 0 aromatic heterocycles. The molecule has 2 aliphatic rings. The van der Waals surface area contributed by atoms with Gasteiger partial charge in [0.05, 0.1) is 61.5 Å². The van der Waals surface area contributed by atoms with Crippen LogP contribution in [0.2, 0.25) is 0 Å². The van der Waals surface area contributed by atoms with Crippen LogP contribution in [0.1, 0.15) is 133 Å². The van der Waals surface area contributed by atoms with Crippen molar-refractivity contribution in [1.82, 2.24) is 0 Å². The summed E-state index contributed by atoms with van der Waals surface area (Å²) in [5.41, 5.74) is 5.72. The summed E-state index contributed by atoms with van der Waals surface area (Å²) in [7, 11) is 0. The molecule has 4 aromatic carbocycles. The highest BCUT2D eigenvalue weighted by Crippen LogP contribution is 2.49. The Morgan fingerprint density at radius 2 is 0.677 bits per heavy atom. The van der Waals surface area contributed by atoms with Gasteiger partial charge in [-0.2, -0.15) is 10.5 Å². The zero-order valence-electron chi connectivity index (χ0n) is 38.3. The van der Waals surface area contributed by atoms with Crippen molar-refractivity contribution in [2.75, 3.05) is 26.4 Å². The molecule has 8 nitrogen and oxygen atoms in total. The largest absolute Gasteiger partial charge is 0.494 e. The number of fused-ring (bicyclic) bond motifs is 2. The summed E-state index contributed by atoms with van der Waals surface area (Å²) in [5, 5.41) is 18.0. The van der Waals surface area contributed by atoms with Crippen LogP contribution in [0.4, 0.5) is 0 Å². The highest BCUT2D eigenvalue weighted by Gasteiger charge is 2.53. The summed E-state index contributed by atoms with van der Waals surface area (Å²) in [5.74, 6) is 0.641. The summed E-state index contributed by atoms with van der Waals surface area (Å²) in [6.45, 7) is 2.28. The molecule has 0 aliphatic heterocycles. The van der Waals surface area contributed by atoms with Crippen molar-refractivity contribution in [2.45, 2.75) is 122 Å². The van der Waals surface area contributed by atoms with E-state index in [1.165, 1.54) is 51.4 Å². The van der Waals surface area contributed by atoms with Crippen molar-refractivity contribution in [1.29, 1.82) is 10.5 Å². The quantitative estimate of drug-likeness (QED) is 0.0289. The zero-order chi connectivity index (χ0) is 45.3. The summed E-state index contributed by atoms with van der Waals surface area (Å²) in [6, 6.07) is 35.8. The maximum atomic E-state index is 13.2. The monoisotopic (exact) mass is 877 g/mol. The molecule has 6 rings (SSSR count). The number of rotatable bonds is 30. The number of nitrogens with zero attached hydrogens (tertiary/aromatic N) is 2. The van der Waals surface area contributed by atoms with Gasteiger partial charge in [0, 0.05) is 0 Å². The maximum Gasteiger partial charge on any atom is 0.310 e. The van der Waals surface area contributed by atoms with Crippen LogP contribution >= 0.6 is 0 Å². The van der Waals surface area contributed by atoms with Gasteiger partial charge in [-0.25, -0.2) is 0 Å². The average molecular weight is 877 g/mol. The van der Waals surface area contributed by atoms with Gasteiger partial charge in [0.15, 0.2) is 0 Å². The van der Waals surface area contributed by atoms with Crippen LogP contribution in [0.15, 0.2) is 109 Å². The summed E-state index contributed by atoms with van der Waals surface area (Å²) < 4.78 is 23.4. The maximum absolute atomic E-state index is 13.2. The minimum Gasteiger partial charge on any atom is -0.494 e. The molecule has 65 heavy (non-hydrogen) atoms. The minimum atomic E-state index is -0.414. The Labute approximate surface area is 388 Å². The fourth-order valence-electron chi connectivity index (χ4n) is 9.23. The molecule has 2 bridgehead atoms. The standard InChI is InChI=1S/C57H68N2O6/c58-42-44-19-23-46(24-20-44)48-29-33-52(34-30-48)62-37-15-11-7-3-1-5-9-13-17-39-64-56(60)54-50-27-28-51(41-50)55(54)57(61)65-40-18-14-10-6-2-4-8-12-16-38-63-53-35-31-49(32-36-53)47-25-21-45(43-59)22-26-47/h19-36,50-51,54-55H,1-18,37-41H2. The molecule has 0 heterocycles. The van der Waals surface area contributed by atoms with Gasteiger partial charge in [-0.05, 0) is 115 Å². The van der Waals surface area contributed by atoms with Crippen molar-refractivity contribution in [3.05, 3.63) is 120 Å². The number of carbonyl (C=O) groups is 2. The van der Waals surface area contributed by atoms with E-state index in [4.69, 9.17) is 29.5 Å². The molecule has 0 saturated heterocycles. The van der Waals surface area contributed by atoms with Gasteiger partial charge in [0.1, 0.15) is 11.5 Å². The highest BCUT2D eigenvalue weighted by atomic mass is 16.5. The average Bonchev–Trinajstić information content (AvgIpc) is 3.98. The molecular weight excluding hydrogens is 809 g/mol. The van der Waals surface area contributed by atoms with Crippen molar-refractivity contribution in [3.8, 4) is 45.9 Å². The van der Waals surface area contributed by atoms with Gasteiger partial charge < -0.3 is 18.9 Å². The lowest BCUT2D eigenvalue weighted by Crippen LogP contribution is -2.35. The first-order chi connectivity index (χ1) is 32.0. The lowest BCUT2D eigenvalue weighted by Gasteiger charge is -2.25. The summed E-state index contributed by atoms with van der Waals surface area (Å²) in [6.07, 6.45) is 25.2. The number of hydrogen-bond donors (Lipinski definition) is 0. The first-order valence-electron chi connectivity index (χ1n) is 24.5. The second-order valence-corrected chi connectivity index (χ2v) is 17.8. The molecule has 342 valence electrons. The van der Waals surface area contributed by atoms with Crippen molar-refractivity contribution in [3.63, 3.8) is 0 Å². The number of allylic oxidation sites excluding steroid dienone is 2. The summed E-state index contributed by atoms with van der Waals surface area (Å²) in [4.78, 5) is 26.4. The fraction of sp³-hybridized carbons (Fsp3) is 0.474. The number of esters is 2. The van der Waals surface area contributed by atoms with E-state index in [-0.39, 0.29) is 23.8 Å². The molecule has 0 spiro atoms. The van der Waals surface area contributed by atoms with Gasteiger partial charge >= 0.3 is 11.9 Å². The topological polar surface area (TPSA) is 119 Å². The van der Waals surface area contributed by atoms with Crippen molar-refractivity contribution >= 4 is 11.9 Å². The Bertz CT molecular complexity index is 1980. The molecule has 0 N–H and O–H groups in total. The third-order valence-corrected chi connectivity index (χ3v) is 13.0. The number of carbonyl (C=O) groups excluding carboxylic acids is 2. The van der Waals surface area contributed by atoms with E-state index in [0.29, 0.717) is 24.3 Å². The molecule has 1 fully saturated rings. The van der Waals surface area contributed by atoms with Gasteiger partial charge in [-0.15, -0.1) is 0 Å². The Kier molecular flexibility index (Phi) is 20.5. The smallest absolute Gasteiger partial charge is 0.310 e. The van der Waals surface area contributed by atoms with E-state index >= 15 is 0 Å². The molecular formula is C57H68N2O6. The van der Waals surface area contributed by atoms with Crippen LogP contribution in [0.25, 0.3) is 22.3 Å². The number of unbranched alkanes of at least 4 members (excludes halogenated alkanes) is 16. The minimum absolute atomic E-state index is 0.0797. The fourth-order valence-corrected chi connectivity index (χ4v) is 9.23. The second-order valence-electron chi connectivity index (χ2n) is 17.8.